The maximum absolute atomic E-state index is 15.1. The number of aromatic nitrogens is 2. The van der Waals surface area contributed by atoms with Gasteiger partial charge in [0, 0.05) is 37.6 Å². The molecular weight excluding hydrogens is 452 g/mol. The fraction of sp³-hybridized carbons (Fsp3) is 0.280. The van der Waals surface area contributed by atoms with Gasteiger partial charge in [0.25, 0.3) is 5.91 Å². The van der Waals surface area contributed by atoms with Gasteiger partial charge in [-0.15, -0.1) is 0 Å². The number of amides is 1. The second kappa shape index (κ2) is 11.0. The van der Waals surface area contributed by atoms with Gasteiger partial charge in [-0.1, -0.05) is 6.07 Å². The average molecular weight is 480 g/mol. The van der Waals surface area contributed by atoms with Gasteiger partial charge in [-0.25, -0.2) is 13.8 Å². The van der Waals surface area contributed by atoms with E-state index in [1.54, 1.807) is 19.3 Å². The van der Waals surface area contributed by atoms with Crippen LogP contribution in [0.3, 0.4) is 0 Å². The second-order valence-electron chi connectivity index (χ2n) is 8.39. The number of nitrogens with one attached hydrogen (secondary N) is 2. The first kappa shape index (κ1) is 24.2. The molecule has 2 aromatic heterocycles. The first-order valence-corrected chi connectivity index (χ1v) is 11.3. The second-order valence-corrected chi connectivity index (χ2v) is 8.39. The molecule has 35 heavy (non-hydrogen) atoms. The molecule has 4 N–H and O–H groups in total. The standard InChI is InChI=1S/C25H27F2N7O/c1-29-25(28)33-23(16-9-11-34(14-16)15-19-4-2-3-10-30-19)20-12-18(6-7-21(20)27)32-24(35)22-8-5-17(26)13-31-22/h2-8,10,12-13,16,23H,9,11,14-15H2,1H3,(H,32,35)(H3,28,29,33)/t16?,23-/m0/s1. The Labute approximate surface area is 202 Å². The highest BCUT2D eigenvalue weighted by Crippen LogP contribution is 2.33. The zero-order valence-corrected chi connectivity index (χ0v) is 19.3. The summed E-state index contributed by atoms with van der Waals surface area (Å²) in [6.07, 6.45) is 3.55. The minimum absolute atomic E-state index is 0.0400. The molecule has 182 valence electrons. The monoisotopic (exact) mass is 479 g/mol. The van der Waals surface area contributed by atoms with Crippen LogP contribution in [-0.4, -0.2) is 46.9 Å². The lowest BCUT2D eigenvalue weighted by atomic mass is 9.91. The molecule has 1 amide bonds. The SMILES string of the molecule is CN=C(N)N[C@H](c1cc(NC(=O)c2ccc(F)cn2)ccc1F)C1CCN(Cc2ccccn2)C1. The molecule has 1 fully saturated rings. The number of halogens is 2. The van der Waals surface area contributed by atoms with Crippen LogP contribution in [0, 0.1) is 17.6 Å². The molecule has 0 aliphatic carbocycles. The van der Waals surface area contributed by atoms with E-state index < -0.39 is 23.6 Å². The lowest BCUT2D eigenvalue weighted by molar-refractivity contribution is 0.102. The van der Waals surface area contributed by atoms with E-state index in [4.69, 9.17) is 5.73 Å². The van der Waals surface area contributed by atoms with E-state index >= 15 is 4.39 Å². The topological polar surface area (TPSA) is 109 Å². The Hall–Kier alpha value is -3.92. The van der Waals surface area contributed by atoms with Gasteiger partial charge in [0.2, 0.25) is 0 Å². The molecule has 0 radical (unpaired) electrons. The molecule has 3 aromatic rings. The smallest absolute Gasteiger partial charge is 0.274 e. The van der Waals surface area contributed by atoms with Crippen LogP contribution in [0.1, 0.15) is 34.2 Å². The van der Waals surface area contributed by atoms with E-state index in [1.165, 1.54) is 18.2 Å². The summed E-state index contributed by atoms with van der Waals surface area (Å²) in [5.41, 5.74) is 7.75. The Morgan fingerprint density at radius 1 is 1.23 bits per heavy atom. The summed E-state index contributed by atoms with van der Waals surface area (Å²) >= 11 is 0. The Kier molecular flexibility index (Phi) is 7.61. The van der Waals surface area contributed by atoms with Crippen molar-refractivity contribution >= 4 is 17.6 Å². The predicted molar refractivity (Wildman–Crippen MR) is 130 cm³/mol. The van der Waals surface area contributed by atoms with Crippen LogP contribution in [0.2, 0.25) is 0 Å². The number of nitrogens with zero attached hydrogens (tertiary/aromatic N) is 4. The summed E-state index contributed by atoms with van der Waals surface area (Å²) in [6, 6.07) is 12.1. The fourth-order valence-electron chi connectivity index (χ4n) is 4.24. The number of hydrogen-bond acceptors (Lipinski definition) is 5. The maximum Gasteiger partial charge on any atom is 0.274 e. The summed E-state index contributed by atoms with van der Waals surface area (Å²) in [5.74, 6) is -1.25. The molecule has 0 saturated carbocycles. The number of pyridine rings is 2. The first-order chi connectivity index (χ1) is 16.9. The fourth-order valence-corrected chi connectivity index (χ4v) is 4.24. The van der Waals surface area contributed by atoms with E-state index in [0.29, 0.717) is 24.3 Å². The quantitative estimate of drug-likeness (QED) is 0.355. The van der Waals surface area contributed by atoms with Crippen LogP contribution in [-0.2, 0) is 6.54 Å². The molecule has 4 rings (SSSR count). The zero-order valence-electron chi connectivity index (χ0n) is 19.3. The van der Waals surface area contributed by atoms with Crippen molar-refractivity contribution in [3.8, 4) is 0 Å². The first-order valence-electron chi connectivity index (χ1n) is 11.3. The molecule has 1 unspecified atom stereocenters. The number of carbonyl (C=O) groups excluding carboxylic acids is 1. The summed E-state index contributed by atoms with van der Waals surface area (Å²) in [5, 5.41) is 5.85. The molecule has 0 bridgehead atoms. The van der Waals surface area contributed by atoms with Crippen molar-refractivity contribution in [3.05, 3.63) is 89.5 Å². The van der Waals surface area contributed by atoms with Crippen LogP contribution >= 0.6 is 0 Å². The molecular formula is C25H27F2N7O. The molecule has 1 saturated heterocycles. The third-order valence-corrected chi connectivity index (χ3v) is 5.99. The number of benzene rings is 1. The Balaban J connectivity index is 1.54. The summed E-state index contributed by atoms with van der Waals surface area (Å²) < 4.78 is 28.2. The van der Waals surface area contributed by atoms with Gasteiger partial charge in [-0.05, 0) is 61.3 Å². The lowest BCUT2D eigenvalue weighted by Gasteiger charge is -2.27. The van der Waals surface area contributed by atoms with E-state index in [-0.39, 0.29) is 17.6 Å². The van der Waals surface area contributed by atoms with Gasteiger partial charge in [0.15, 0.2) is 5.96 Å². The normalized spacial score (nSPS) is 17.2. The lowest BCUT2D eigenvalue weighted by Crippen LogP contribution is -2.39. The molecule has 0 spiro atoms. The highest BCUT2D eigenvalue weighted by atomic mass is 19.1. The van der Waals surface area contributed by atoms with Gasteiger partial charge < -0.3 is 16.4 Å². The maximum atomic E-state index is 15.1. The zero-order chi connectivity index (χ0) is 24.8. The van der Waals surface area contributed by atoms with Crippen molar-refractivity contribution in [2.45, 2.75) is 19.0 Å². The predicted octanol–water partition coefficient (Wildman–Crippen LogP) is 3.10. The van der Waals surface area contributed by atoms with Gasteiger partial charge in [-0.3, -0.25) is 19.7 Å². The Morgan fingerprint density at radius 3 is 2.80 bits per heavy atom. The molecule has 1 aliphatic rings. The minimum atomic E-state index is -0.539. The van der Waals surface area contributed by atoms with Crippen LogP contribution < -0.4 is 16.4 Å². The molecule has 1 aliphatic heterocycles. The van der Waals surface area contributed by atoms with Gasteiger partial charge in [0.1, 0.15) is 17.3 Å². The molecule has 1 aromatic carbocycles. The molecule has 3 heterocycles. The van der Waals surface area contributed by atoms with Gasteiger partial charge >= 0.3 is 0 Å². The highest BCUT2D eigenvalue weighted by molar-refractivity contribution is 6.02. The van der Waals surface area contributed by atoms with Crippen molar-refractivity contribution in [1.82, 2.24) is 20.2 Å². The van der Waals surface area contributed by atoms with Crippen molar-refractivity contribution in [2.24, 2.45) is 16.6 Å². The number of aliphatic imine (C=N–C) groups is 1. The third-order valence-electron chi connectivity index (χ3n) is 5.99. The van der Waals surface area contributed by atoms with Crippen molar-refractivity contribution in [3.63, 3.8) is 0 Å². The highest BCUT2D eigenvalue weighted by Gasteiger charge is 2.33. The van der Waals surface area contributed by atoms with Crippen molar-refractivity contribution in [2.75, 3.05) is 25.5 Å². The summed E-state index contributed by atoms with van der Waals surface area (Å²) in [6.45, 7) is 2.24. The van der Waals surface area contributed by atoms with Crippen molar-refractivity contribution < 1.29 is 13.6 Å². The number of hydrogen-bond donors (Lipinski definition) is 3. The van der Waals surface area contributed by atoms with Crippen LogP contribution in [0.15, 0.2) is 65.9 Å². The minimum Gasteiger partial charge on any atom is -0.370 e. The van der Waals surface area contributed by atoms with Crippen molar-refractivity contribution in [1.29, 1.82) is 0 Å². The van der Waals surface area contributed by atoms with Gasteiger partial charge in [0.05, 0.1) is 17.9 Å². The van der Waals surface area contributed by atoms with E-state index in [1.807, 2.05) is 18.2 Å². The third kappa shape index (κ3) is 6.15. The van der Waals surface area contributed by atoms with Crippen LogP contribution in [0.4, 0.5) is 14.5 Å². The van der Waals surface area contributed by atoms with E-state index in [9.17, 15) is 9.18 Å². The average Bonchev–Trinajstić information content (AvgIpc) is 3.32. The van der Waals surface area contributed by atoms with Crippen LogP contribution in [0.25, 0.3) is 0 Å². The Morgan fingerprint density at radius 2 is 2.09 bits per heavy atom. The number of likely N-dealkylation sites (tertiary alicyclic amines) is 1. The Bertz CT molecular complexity index is 1190. The number of rotatable bonds is 7. The van der Waals surface area contributed by atoms with E-state index in [2.05, 4.69) is 30.5 Å². The molecule has 2 atom stereocenters. The number of nitrogens with two attached hydrogens (primary N) is 1. The molecule has 8 nitrogen and oxygen atoms in total. The summed E-state index contributed by atoms with van der Waals surface area (Å²) in [4.78, 5) is 27.0. The number of guanidine groups is 1. The summed E-state index contributed by atoms with van der Waals surface area (Å²) in [7, 11) is 1.56. The number of anilines is 1. The number of carbonyl (C=O) groups is 1. The van der Waals surface area contributed by atoms with Gasteiger partial charge in [-0.2, -0.15) is 0 Å². The van der Waals surface area contributed by atoms with E-state index in [0.717, 1.165) is 30.9 Å². The molecule has 10 heteroatoms. The van der Waals surface area contributed by atoms with Crippen LogP contribution in [0.5, 0.6) is 0 Å². The largest absolute Gasteiger partial charge is 0.370 e.